The van der Waals surface area contributed by atoms with E-state index in [1.807, 2.05) is 0 Å². The maximum Gasteiger partial charge on any atom is 0.291 e. The number of ketones is 1. The fraction of sp³-hybridized carbons (Fsp3) is 0.200. The van der Waals surface area contributed by atoms with Crippen LogP contribution < -0.4 is 10.1 Å². The van der Waals surface area contributed by atoms with Gasteiger partial charge in [0.15, 0.2) is 0 Å². The molecule has 0 unspecified atom stereocenters. The smallest absolute Gasteiger partial charge is 0.291 e. The molecule has 1 aromatic carbocycles. The van der Waals surface area contributed by atoms with E-state index >= 15 is 0 Å². The van der Waals surface area contributed by atoms with Gasteiger partial charge in [-0.25, -0.2) is 0 Å². The Morgan fingerprint density at radius 3 is 2.53 bits per heavy atom. The average molecular weight is 228 g/mol. The summed E-state index contributed by atoms with van der Waals surface area (Å²) in [5, 5.41) is 2.78. The normalized spacial score (nSPS) is 9.53. The van der Waals surface area contributed by atoms with Crippen molar-refractivity contribution in [2.24, 2.45) is 0 Å². The number of halogens is 1. The van der Waals surface area contributed by atoms with Gasteiger partial charge in [-0.1, -0.05) is 11.6 Å². The highest BCUT2D eigenvalue weighted by Gasteiger charge is 2.08. The zero-order valence-electron chi connectivity index (χ0n) is 8.33. The molecular formula is C10H10ClNO3. The van der Waals surface area contributed by atoms with Crippen LogP contribution in [-0.4, -0.2) is 18.8 Å². The van der Waals surface area contributed by atoms with E-state index in [-0.39, 0.29) is 0 Å². The van der Waals surface area contributed by atoms with Crippen LogP contribution in [0.15, 0.2) is 18.2 Å². The minimum atomic E-state index is -0.670. The van der Waals surface area contributed by atoms with Crippen molar-refractivity contribution >= 4 is 29.0 Å². The highest BCUT2D eigenvalue weighted by Crippen LogP contribution is 2.27. The van der Waals surface area contributed by atoms with E-state index in [2.05, 4.69) is 5.32 Å². The Balaban J connectivity index is 2.84. The Morgan fingerprint density at radius 1 is 1.40 bits per heavy atom. The first-order chi connectivity index (χ1) is 7.04. The lowest BCUT2D eigenvalue weighted by Gasteiger charge is -2.06. The van der Waals surface area contributed by atoms with Gasteiger partial charge < -0.3 is 10.1 Å². The van der Waals surface area contributed by atoms with E-state index in [1.165, 1.54) is 20.1 Å². The molecule has 0 aromatic heterocycles. The summed E-state index contributed by atoms with van der Waals surface area (Å²) in [4.78, 5) is 21.7. The Hall–Kier alpha value is -1.55. The molecule has 0 spiro atoms. The zero-order chi connectivity index (χ0) is 11.4. The van der Waals surface area contributed by atoms with Crippen molar-refractivity contribution in [3.05, 3.63) is 23.2 Å². The molecular weight excluding hydrogens is 218 g/mol. The molecule has 0 radical (unpaired) electrons. The van der Waals surface area contributed by atoms with Gasteiger partial charge in [0.25, 0.3) is 5.91 Å². The van der Waals surface area contributed by atoms with E-state index in [0.717, 1.165) is 0 Å². The Bertz CT molecular complexity index is 404. The van der Waals surface area contributed by atoms with Gasteiger partial charge in [-0.2, -0.15) is 0 Å². The lowest BCUT2D eigenvalue weighted by Crippen LogP contribution is -2.19. The lowest BCUT2D eigenvalue weighted by atomic mass is 10.3. The van der Waals surface area contributed by atoms with E-state index in [4.69, 9.17) is 16.3 Å². The number of hydrogen-bond acceptors (Lipinski definition) is 3. The third kappa shape index (κ3) is 2.95. The first kappa shape index (κ1) is 11.5. The molecule has 5 heteroatoms. The maximum absolute atomic E-state index is 11.0. The monoisotopic (exact) mass is 227 g/mol. The van der Waals surface area contributed by atoms with Gasteiger partial charge in [-0.3, -0.25) is 9.59 Å². The molecule has 0 aliphatic carbocycles. The molecule has 1 aromatic rings. The third-order valence-electron chi connectivity index (χ3n) is 1.73. The number of Topliss-reactive ketones (excluding diaryl/α,β-unsaturated/α-hetero) is 1. The predicted octanol–water partition coefficient (Wildman–Crippen LogP) is 1.88. The van der Waals surface area contributed by atoms with E-state index in [9.17, 15) is 9.59 Å². The fourth-order valence-electron chi connectivity index (χ4n) is 0.963. The van der Waals surface area contributed by atoms with Gasteiger partial charge >= 0.3 is 0 Å². The lowest BCUT2D eigenvalue weighted by molar-refractivity contribution is -0.133. The molecule has 15 heavy (non-hydrogen) atoms. The van der Waals surface area contributed by atoms with Crippen LogP contribution in [0.25, 0.3) is 0 Å². The second-order valence-corrected chi connectivity index (χ2v) is 3.27. The first-order valence-electron chi connectivity index (χ1n) is 4.20. The van der Waals surface area contributed by atoms with Gasteiger partial charge in [0.2, 0.25) is 5.78 Å². The quantitative estimate of drug-likeness (QED) is 0.803. The number of amides is 1. The molecule has 80 valence electrons. The minimum absolute atomic E-state index is 0.374. The molecule has 1 rings (SSSR count). The SMILES string of the molecule is COc1ccc(NC(=O)C(C)=O)cc1Cl. The van der Waals surface area contributed by atoms with Crippen molar-refractivity contribution in [3.63, 3.8) is 0 Å². The topological polar surface area (TPSA) is 55.4 Å². The summed E-state index contributed by atoms with van der Waals surface area (Å²) < 4.78 is 4.94. The molecule has 0 fully saturated rings. The first-order valence-corrected chi connectivity index (χ1v) is 4.58. The molecule has 1 amide bonds. The molecule has 4 nitrogen and oxygen atoms in total. The van der Waals surface area contributed by atoms with Gasteiger partial charge in [0.1, 0.15) is 5.75 Å². The number of nitrogens with one attached hydrogen (secondary N) is 1. The van der Waals surface area contributed by atoms with Crippen molar-refractivity contribution < 1.29 is 14.3 Å². The van der Waals surface area contributed by atoms with Gasteiger partial charge in [0, 0.05) is 12.6 Å². The number of anilines is 1. The number of rotatable bonds is 3. The number of carbonyl (C=O) groups excluding carboxylic acids is 2. The van der Waals surface area contributed by atoms with Gasteiger partial charge in [-0.15, -0.1) is 0 Å². The standard InChI is InChI=1S/C10H10ClNO3/c1-6(13)10(14)12-7-3-4-9(15-2)8(11)5-7/h3-5H,1-2H3,(H,12,14). The molecule has 0 aliphatic heterocycles. The number of ether oxygens (including phenoxy) is 1. The van der Waals surface area contributed by atoms with Crippen LogP contribution in [0.4, 0.5) is 5.69 Å². The molecule has 0 saturated carbocycles. The van der Waals surface area contributed by atoms with Crippen molar-refractivity contribution in [1.29, 1.82) is 0 Å². The largest absolute Gasteiger partial charge is 0.495 e. The third-order valence-corrected chi connectivity index (χ3v) is 2.02. The zero-order valence-corrected chi connectivity index (χ0v) is 9.09. The number of methoxy groups -OCH3 is 1. The molecule has 0 aliphatic rings. The summed E-state index contributed by atoms with van der Waals surface area (Å²) in [5.74, 6) is -0.712. The van der Waals surface area contributed by atoms with Crippen molar-refractivity contribution in [3.8, 4) is 5.75 Å². The summed E-state index contributed by atoms with van der Waals surface area (Å²) in [5.41, 5.74) is 0.459. The van der Waals surface area contributed by atoms with E-state index in [0.29, 0.717) is 16.5 Å². The summed E-state index contributed by atoms with van der Waals surface area (Å²) in [6.07, 6.45) is 0. The van der Waals surface area contributed by atoms with Crippen molar-refractivity contribution in [1.82, 2.24) is 0 Å². The van der Waals surface area contributed by atoms with Crippen LogP contribution in [0, 0.1) is 0 Å². The summed E-state index contributed by atoms with van der Waals surface area (Å²) in [6, 6.07) is 4.73. The second kappa shape index (κ2) is 4.79. The second-order valence-electron chi connectivity index (χ2n) is 2.86. The Morgan fingerprint density at radius 2 is 2.07 bits per heavy atom. The Labute approximate surface area is 92.2 Å². The minimum Gasteiger partial charge on any atom is -0.495 e. The molecule has 0 atom stereocenters. The van der Waals surface area contributed by atoms with Crippen LogP contribution >= 0.6 is 11.6 Å². The average Bonchev–Trinajstić information content (AvgIpc) is 2.18. The van der Waals surface area contributed by atoms with Crippen LogP contribution in [0.2, 0.25) is 5.02 Å². The number of benzene rings is 1. The van der Waals surface area contributed by atoms with Crippen molar-refractivity contribution in [2.45, 2.75) is 6.92 Å². The van der Waals surface area contributed by atoms with Gasteiger partial charge in [0.05, 0.1) is 12.1 Å². The summed E-state index contributed by atoms with van der Waals surface area (Å²) in [6.45, 7) is 1.19. The molecule has 0 bridgehead atoms. The molecule has 0 saturated heterocycles. The van der Waals surface area contributed by atoms with Gasteiger partial charge in [-0.05, 0) is 18.2 Å². The van der Waals surface area contributed by atoms with Crippen molar-refractivity contribution in [2.75, 3.05) is 12.4 Å². The number of carbonyl (C=O) groups is 2. The highest BCUT2D eigenvalue weighted by molar-refractivity contribution is 6.40. The molecule has 1 N–H and O–H groups in total. The fourth-order valence-corrected chi connectivity index (χ4v) is 1.22. The Kier molecular flexibility index (Phi) is 3.68. The number of hydrogen-bond donors (Lipinski definition) is 1. The summed E-state index contributed by atoms with van der Waals surface area (Å²) >= 11 is 5.83. The van der Waals surface area contributed by atoms with Crippen LogP contribution in [0.5, 0.6) is 5.75 Å². The predicted molar refractivity (Wildman–Crippen MR) is 57.3 cm³/mol. The van der Waals surface area contributed by atoms with Crippen LogP contribution in [0.1, 0.15) is 6.92 Å². The maximum atomic E-state index is 11.0. The highest BCUT2D eigenvalue weighted by atomic mass is 35.5. The molecule has 0 heterocycles. The summed E-state index contributed by atoms with van der Waals surface area (Å²) in [7, 11) is 1.50. The van der Waals surface area contributed by atoms with E-state index in [1.54, 1.807) is 12.1 Å². The van der Waals surface area contributed by atoms with Crippen LogP contribution in [0.3, 0.4) is 0 Å². The van der Waals surface area contributed by atoms with Crippen LogP contribution in [-0.2, 0) is 9.59 Å². The van der Waals surface area contributed by atoms with E-state index < -0.39 is 11.7 Å².